The van der Waals surface area contributed by atoms with Crippen molar-refractivity contribution in [3.8, 4) is 0 Å². The molecule has 90 valence electrons. The molecule has 1 amide bonds. The maximum atomic E-state index is 12.1. The van der Waals surface area contributed by atoms with E-state index in [0.29, 0.717) is 5.69 Å². The SMILES string of the molecule is CCCCN(C)C(=O)c1cc2ncccc2[nH]1. The number of hydrogen-bond donors (Lipinski definition) is 1. The smallest absolute Gasteiger partial charge is 0.270 e. The second-order valence-corrected chi connectivity index (χ2v) is 4.20. The molecule has 2 rings (SSSR count). The Hall–Kier alpha value is -1.84. The minimum atomic E-state index is 0.0245. The third-order valence-corrected chi connectivity index (χ3v) is 2.81. The number of fused-ring (bicyclic) bond motifs is 1. The summed E-state index contributed by atoms with van der Waals surface area (Å²) < 4.78 is 0. The van der Waals surface area contributed by atoms with E-state index in [1.165, 1.54) is 0 Å². The number of aromatic amines is 1. The van der Waals surface area contributed by atoms with E-state index in [9.17, 15) is 4.79 Å². The molecule has 0 aliphatic rings. The van der Waals surface area contributed by atoms with Gasteiger partial charge in [0.2, 0.25) is 0 Å². The fourth-order valence-electron chi connectivity index (χ4n) is 1.77. The van der Waals surface area contributed by atoms with Crippen molar-refractivity contribution in [2.24, 2.45) is 0 Å². The molecule has 0 bridgehead atoms. The maximum absolute atomic E-state index is 12.1. The van der Waals surface area contributed by atoms with Gasteiger partial charge in [-0.15, -0.1) is 0 Å². The number of amides is 1. The Morgan fingerprint density at radius 3 is 3.06 bits per heavy atom. The summed E-state index contributed by atoms with van der Waals surface area (Å²) in [5.74, 6) is 0.0245. The molecule has 0 atom stereocenters. The topological polar surface area (TPSA) is 49.0 Å². The molecule has 0 saturated carbocycles. The molecule has 4 heteroatoms. The number of unbranched alkanes of at least 4 members (excludes halogenated alkanes) is 1. The Labute approximate surface area is 101 Å². The highest BCUT2D eigenvalue weighted by Crippen LogP contribution is 2.13. The Morgan fingerprint density at radius 2 is 2.35 bits per heavy atom. The first-order valence-corrected chi connectivity index (χ1v) is 5.91. The van der Waals surface area contributed by atoms with E-state index in [1.54, 1.807) is 17.2 Å². The van der Waals surface area contributed by atoms with Crippen molar-refractivity contribution in [3.05, 3.63) is 30.1 Å². The van der Waals surface area contributed by atoms with Gasteiger partial charge in [-0.1, -0.05) is 13.3 Å². The Kier molecular flexibility index (Phi) is 3.42. The molecule has 0 aliphatic heterocycles. The highest BCUT2D eigenvalue weighted by Gasteiger charge is 2.13. The predicted molar refractivity (Wildman–Crippen MR) is 68.0 cm³/mol. The van der Waals surface area contributed by atoms with E-state index in [1.807, 2.05) is 19.2 Å². The molecule has 2 aromatic heterocycles. The van der Waals surface area contributed by atoms with Gasteiger partial charge in [-0.2, -0.15) is 0 Å². The normalized spacial score (nSPS) is 10.7. The van der Waals surface area contributed by atoms with Gasteiger partial charge in [0.05, 0.1) is 11.0 Å². The van der Waals surface area contributed by atoms with Crippen molar-refractivity contribution in [1.82, 2.24) is 14.9 Å². The van der Waals surface area contributed by atoms with Gasteiger partial charge in [0.1, 0.15) is 5.69 Å². The number of aromatic nitrogens is 2. The standard InChI is InChI=1S/C13H17N3O/c1-3-4-8-16(2)13(17)12-9-11-10(15-12)6-5-7-14-11/h5-7,9,15H,3-4,8H2,1-2H3. The monoisotopic (exact) mass is 231 g/mol. The lowest BCUT2D eigenvalue weighted by Crippen LogP contribution is -2.27. The van der Waals surface area contributed by atoms with Crippen molar-refractivity contribution in [3.63, 3.8) is 0 Å². The van der Waals surface area contributed by atoms with Crippen LogP contribution in [0.15, 0.2) is 24.4 Å². The summed E-state index contributed by atoms with van der Waals surface area (Å²) in [6.45, 7) is 2.91. The lowest BCUT2D eigenvalue weighted by Gasteiger charge is -2.15. The molecule has 2 heterocycles. The number of nitrogens with one attached hydrogen (secondary N) is 1. The zero-order valence-electron chi connectivity index (χ0n) is 10.2. The second kappa shape index (κ2) is 4.99. The first kappa shape index (κ1) is 11.6. The first-order chi connectivity index (χ1) is 8.22. The van der Waals surface area contributed by atoms with Crippen LogP contribution in [0.5, 0.6) is 0 Å². The van der Waals surface area contributed by atoms with Gasteiger partial charge in [0, 0.05) is 19.8 Å². The second-order valence-electron chi connectivity index (χ2n) is 4.20. The van der Waals surface area contributed by atoms with Crippen LogP contribution in [-0.4, -0.2) is 34.4 Å². The molecular weight excluding hydrogens is 214 g/mol. The van der Waals surface area contributed by atoms with E-state index in [-0.39, 0.29) is 5.91 Å². The van der Waals surface area contributed by atoms with Crippen LogP contribution in [0.4, 0.5) is 0 Å². The van der Waals surface area contributed by atoms with Crippen molar-refractivity contribution >= 4 is 16.9 Å². The zero-order valence-corrected chi connectivity index (χ0v) is 10.2. The quantitative estimate of drug-likeness (QED) is 0.878. The summed E-state index contributed by atoms with van der Waals surface area (Å²) in [6, 6.07) is 5.58. The lowest BCUT2D eigenvalue weighted by molar-refractivity contribution is 0.0788. The molecule has 0 radical (unpaired) electrons. The summed E-state index contributed by atoms with van der Waals surface area (Å²) in [5.41, 5.74) is 2.34. The van der Waals surface area contributed by atoms with Crippen LogP contribution < -0.4 is 0 Å². The number of carbonyl (C=O) groups excluding carboxylic acids is 1. The number of rotatable bonds is 4. The number of hydrogen-bond acceptors (Lipinski definition) is 2. The van der Waals surface area contributed by atoms with Gasteiger partial charge < -0.3 is 9.88 Å². The molecule has 0 aromatic carbocycles. The van der Waals surface area contributed by atoms with Crippen LogP contribution in [-0.2, 0) is 0 Å². The molecule has 0 saturated heterocycles. The lowest BCUT2D eigenvalue weighted by atomic mass is 10.3. The van der Waals surface area contributed by atoms with Crippen LogP contribution in [0, 0.1) is 0 Å². The van der Waals surface area contributed by atoms with Crippen LogP contribution in [0.25, 0.3) is 11.0 Å². The maximum Gasteiger partial charge on any atom is 0.270 e. The third-order valence-electron chi connectivity index (χ3n) is 2.81. The highest BCUT2D eigenvalue weighted by atomic mass is 16.2. The summed E-state index contributed by atoms with van der Waals surface area (Å²) >= 11 is 0. The largest absolute Gasteiger partial charge is 0.349 e. The fraction of sp³-hybridized carbons (Fsp3) is 0.385. The van der Waals surface area contributed by atoms with Crippen LogP contribution >= 0.6 is 0 Å². The van der Waals surface area contributed by atoms with Gasteiger partial charge in [-0.05, 0) is 24.6 Å². The van der Waals surface area contributed by atoms with Crippen LogP contribution in [0.1, 0.15) is 30.3 Å². The molecule has 0 spiro atoms. The van der Waals surface area contributed by atoms with Gasteiger partial charge >= 0.3 is 0 Å². The van der Waals surface area contributed by atoms with Crippen molar-refractivity contribution < 1.29 is 4.79 Å². The molecule has 17 heavy (non-hydrogen) atoms. The average Bonchev–Trinajstić information content (AvgIpc) is 2.78. The van der Waals surface area contributed by atoms with E-state index in [2.05, 4.69) is 16.9 Å². The Morgan fingerprint density at radius 1 is 1.53 bits per heavy atom. The summed E-state index contributed by atoms with van der Waals surface area (Å²) in [7, 11) is 1.83. The fourth-order valence-corrected chi connectivity index (χ4v) is 1.77. The van der Waals surface area contributed by atoms with E-state index in [4.69, 9.17) is 0 Å². The number of pyridine rings is 1. The first-order valence-electron chi connectivity index (χ1n) is 5.91. The predicted octanol–water partition coefficient (Wildman–Crippen LogP) is 2.43. The molecule has 4 nitrogen and oxygen atoms in total. The molecular formula is C13H17N3O. The average molecular weight is 231 g/mol. The van der Waals surface area contributed by atoms with Gasteiger partial charge in [-0.25, -0.2) is 0 Å². The Balaban J connectivity index is 2.18. The van der Waals surface area contributed by atoms with Crippen molar-refractivity contribution in [2.45, 2.75) is 19.8 Å². The third kappa shape index (κ3) is 2.46. The minimum absolute atomic E-state index is 0.0245. The number of nitrogens with zero attached hydrogens (tertiary/aromatic N) is 2. The molecule has 0 aliphatic carbocycles. The minimum Gasteiger partial charge on any atom is -0.349 e. The van der Waals surface area contributed by atoms with Gasteiger partial charge in [0.15, 0.2) is 0 Å². The van der Waals surface area contributed by atoms with Crippen molar-refractivity contribution in [2.75, 3.05) is 13.6 Å². The summed E-state index contributed by atoms with van der Waals surface area (Å²) in [6.07, 6.45) is 3.85. The molecule has 0 unspecified atom stereocenters. The molecule has 0 fully saturated rings. The summed E-state index contributed by atoms with van der Waals surface area (Å²) in [5, 5.41) is 0. The van der Waals surface area contributed by atoms with Crippen LogP contribution in [0.3, 0.4) is 0 Å². The zero-order chi connectivity index (χ0) is 12.3. The molecule has 2 aromatic rings. The highest BCUT2D eigenvalue weighted by molar-refractivity contribution is 5.96. The van der Waals surface area contributed by atoms with E-state index >= 15 is 0 Å². The van der Waals surface area contributed by atoms with Crippen molar-refractivity contribution in [1.29, 1.82) is 0 Å². The summed E-state index contributed by atoms with van der Waals surface area (Å²) in [4.78, 5) is 21.1. The number of carbonyl (C=O) groups is 1. The van der Waals surface area contributed by atoms with Crippen LogP contribution in [0.2, 0.25) is 0 Å². The van der Waals surface area contributed by atoms with E-state index < -0.39 is 0 Å². The Bertz CT molecular complexity index is 485. The molecule has 1 N–H and O–H groups in total. The van der Waals surface area contributed by atoms with E-state index in [0.717, 1.165) is 30.4 Å². The van der Waals surface area contributed by atoms with Gasteiger partial charge in [-0.3, -0.25) is 9.78 Å². The number of H-pyrrole nitrogens is 1. The van der Waals surface area contributed by atoms with Gasteiger partial charge in [0.25, 0.3) is 5.91 Å².